The van der Waals surface area contributed by atoms with Crippen LogP contribution in [0.15, 0.2) is 21.7 Å². The van der Waals surface area contributed by atoms with Gasteiger partial charge in [0, 0.05) is 50.7 Å². The van der Waals surface area contributed by atoms with Crippen LogP contribution in [0.1, 0.15) is 18.9 Å². The van der Waals surface area contributed by atoms with Gasteiger partial charge in [-0.2, -0.15) is 0 Å². The lowest BCUT2D eigenvalue weighted by molar-refractivity contribution is 0.229. The standard InChI is InChI=1S/C21H26FN5O2S/c1-24(2)5-6-25-7-9-26(10-8-25)17-12-16-14(11-15(17)22)19(28)18-20(29)23-30-21(18)27(16)13-3-4-13/h11-13H,3-10H2,1-2H3,(H,23,29). The zero-order chi connectivity index (χ0) is 21.0. The van der Waals surface area contributed by atoms with Crippen LogP contribution in [-0.2, 0) is 0 Å². The quantitative estimate of drug-likeness (QED) is 0.670. The number of nitrogens with zero attached hydrogens (tertiary/aromatic N) is 4. The van der Waals surface area contributed by atoms with E-state index in [-0.39, 0.29) is 22.4 Å². The minimum atomic E-state index is -0.394. The summed E-state index contributed by atoms with van der Waals surface area (Å²) >= 11 is 1.20. The fraction of sp³-hybridized carbons (Fsp3) is 0.524. The van der Waals surface area contributed by atoms with E-state index in [9.17, 15) is 9.59 Å². The number of hydrogen-bond donors (Lipinski definition) is 1. The Hall–Kier alpha value is -2.23. The number of aromatic amines is 1. The Morgan fingerprint density at radius 3 is 2.57 bits per heavy atom. The molecular formula is C21H26FN5O2S. The van der Waals surface area contributed by atoms with Crippen LogP contribution in [0.2, 0.25) is 0 Å². The van der Waals surface area contributed by atoms with Gasteiger partial charge in [0.25, 0.3) is 5.56 Å². The van der Waals surface area contributed by atoms with Crippen molar-refractivity contribution in [2.45, 2.75) is 18.9 Å². The number of pyridine rings is 1. The molecular weight excluding hydrogens is 405 g/mol. The molecule has 2 aromatic heterocycles. The van der Waals surface area contributed by atoms with E-state index in [0.717, 1.165) is 57.6 Å². The molecule has 3 heterocycles. The summed E-state index contributed by atoms with van der Waals surface area (Å²) in [6, 6.07) is 3.42. The van der Waals surface area contributed by atoms with Crippen molar-refractivity contribution in [2.75, 3.05) is 58.3 Å². The van der Waals surface area contributed by atoms with Gasteiger partial charge in [-0.15, -0.1) is 0 Å². The lowest BCUT2D eigenvalue weighted by atomic mass is 10.1. The number of piperazine rings is 1. The van der Waals surface area contributed by atoms with Crippen LogP contribution in [0, 0.1) is 5.82 Å². The van der Waals surface area contributed by atoms with Gasteiger partial charge in [-0.3, -0.25) is 18.9 Å². The number of likely N-dealkylation sites (N-methyl/N-ethyl adjacent to an activating group) is 1. The monoisotopic (exact) mass is 431 g/mol. The molecule has 160 valence electrons. The normalized spacial score (nSPS) is 18.2. The SMILES string of the molecule is CN(C)CCN1CCN(c2cc3c(cc2F)c(=O)c2c(=O)[nH]sc2n3C2CC2)CC1. The predicted octanol–water partition coefficient (Wildman–Crippen LogP) is 2.06. The Morgan fingerprint density at radius 2 is 1.90 bits per heavy atom. The van der Waals surface area contributed by atoms with Crippen LogP contribution in [-0.4, -0.2) is 72.1 Å². The Bertz CT molecular complexity index is 1220. The number of halogens is 1. The molecule has 1 saturated heterocycles. The van der Waals surface area contributed by atoms with Crippen molar-refractivity contribution in [3.05, 3.63) is 38.5 Å². The molecule has 2 aliphatic rings. The van der Waals surface area contributed by atoms with Gasteiger partial charge in [-0.25, -0.2) is 4.39 Å². The third-order valence-corrected chi connectivity index (χ3v) is 7.07. The number of aromatic nitrogens is 2. The largest absolute Gasteiger partial charge is 0.367 e. The van der Waals surface area contributed by atoms with Crippen molar-refractivity contribution in [3.8, 4) is 0 Å². The number of H-pyrrole nitrogens is 1. The Morgan fingerprint density at radius 1 is 1.17 bits per heavy atom. The zero-order valence-corrected chi connectivity index (χ0v) is 18.1. The molecule has 0 unspecified atom stereocenters. The van der Waals surface area contributed by atoms with Crippen LogP contribution in [0.5, 0.6) is 0 Å². The van der Waals surface area contributed by atoms with Gasteiger partial charge in [0.1, 0.15) is 16.0 Å². The van der Waals surface area contributed by atoms with Gasteiger partial charge < -0.3 is 14.4 Å². The summed E-state index contributed by atoms with van der Waals surface area (Å²) in [7, 11) is 4.14. The highest BCUT2D eigenvalue weighted by atomic mass is 32.1. The first-order chi connectivity index (χ1) is 14.4. The Labute approximate surface area is 177 Å². The second-order valence-electron chi connectivity index (χ2n) is 8.60. The van der Waals surface area contributed by atoms with Gasteiger partial charge in [0.05, 0.1) is 11.2 Å². The van der Waals surface area contributed by atoms with Crippen molar-refractivity contribution < 1.29 is 4.39 Å². The minimum Gasteiger partial charge on any atom is -0.367 e. The second kappa shape index (κ2) is 7.47. The van der Waals surface area contributed by atoms with Crippen molar-refractivity contribution >= 4 is 38.3 Å². The molecule has 5 rings (SSSR count). The fourth-order valence-corrected chi connectivity index (χ4v) is 5.26. The van der Waals surface area contributed by atoms with Crippen LogP contribution in [0.4, 0.5) is 10.1 Å². The molecule has 30 heavy (non-hydrogen) atoms. The molecule has 1 N–H and O–H groups in total. The number of benzene rings is 1. The molecule has 1 saturated carbocycles. The van der Waals surface area contributed by atoms with E-state index in [1.54, 1.807) is 0 Å². The summed E-state index contributed by atoms with van der Waals surface area (Å²) in [5, 5.41) is 0.449. The molecule has 1 aliphatic carbocycles. The van der Waals surface area contributed by atoms with Gasteiger partial charge in [-0.05, 0) is 50.6 Å². The molecule has 0 radical (unpaired) electrons. The molecule has 7 nitrogen and oxygen atoms in total. The van der Waals surface area contributed by atoms with Gasteiger partial charge in [0.2, 0.25) is 5.43 Å². The number of hydrogen-bond acceptors (Lipinski definition) is 6. The minimum absolute atomic E-state index is 0.154. The third-order valence-electron chi connectivity index (χ3n) is 6.18. The van der Waals surface area contributed by atoms with Crippen molar-refractivity contribution in [1.82, 2.24) is 18.7 Å². The Balaban J connectivity index is 1.54. The second-order valence-corrected chi connectivity index (χ2v) is 9.39. The summed E-state index contributed by atoms with van der Waals surface area (Å²) in [6.45, 7) is 5.30. The smallest absolute Gasteiger partial charge is 0.271 e. The van der Waals surface area contributed by atoms with E-state index >= 15 is 4.39 Å². The van der Waals surface area contributed by atoms with Gasteiger partial charge in [0.15, 0.2) is 0 Å². The molecule has 1 aliphatic heterocycles. The van der Waals surface area contributed by atoms with Gasteiger partial charge >= 0.3 is 0 Å². The highest BCUT2D eigenvalue weighted by molar-refractivity contribution is 7.12. The average molecular weight is 432 g/mol. The first kappa shape index (κ1) is 19.7. The van der Waals surface area contributed by atoms with Crippen LogP contribution in [0.3, 0.4) is 0 Å². The molecule has 0 atom stereocenters. The first-order valence-electron chi connectivity index (χ1n) is 10.4. The van der Waals surface area contributed by atoms with Crippen LogP contribution >= 0.6 is 11.5 Å². The average Bonchev–Trinajstić information content (AvgIpc) is 3.49. The highest BCUT2D eigenvalue weighted by Gasteiger charge is 2.30. The van der Waals surface area contributed by atoms with E-state index in [4.69, 9.17) is 0 Å². The van der Waals surface area contributed by atoms with Crippen LogP contribution < -0.4 is 15.9 Å². The van der Waals surface area contributed by atoms with E-state index in [1.807, 2.05) is 6.07 Å². The molecule has 9 heteroatoms. The Kier molecular flexibility index (Phi) is 4.91. The number of rotatable bonds is 5. The molecule has 3 aromatic rings. The maximum Gasteiger partial charge on any atom is 0.271 e. The molecule has 1 aromatic carbocycles. The number of nitrogens with one attached hydrogen (secondary N) is 1. The molecule has 0 bridgehead atoms. The molecule has 0 amide bonds. The summed E-state index contributed by atoms with van der Waals surface area (Å²) in [4.78, 5) is 32.5. The third kappa shape index (κ3) is 3.34. The van der Waals surface area contributed by atoms with E-state index in [2.05, 4.69) is 37.7 Å². The molecule has 0 spiro atoms. The van der Waals surface area contributed by atoms with Crippen molar-refractivity contribution in [3.63, 3.8) is 0 Å². The predicted molar refractivity (Wildman–Crippen MR) is 120 cm³/mol. The first-order valence-corrected chi connectivity index (χ1v) is 11.3. The van der Waals surface area contributed by atoms with E-state index in [1.165, 1.54) is 17.6 Å². The number of anilines is 1. The topological polar surface area (TPSA) is 64.6 Å². The highest BCUT2D eigenvalue weighted by Crippen LogP contribution is 2.40. The fourth-order valence-electron chi connectivity index (χ4n) is 4.33. The molecule has 2 fully saturated rings. The van der Waals surface area contributed by atoms with Crippen molar-refractivity contribution in [2.24, 2.45) is 0 Å². The van der Waals surface area contributed by atoms with Gasteiger partial charge in [-0.1, -0.05) is 0 Å². The van der Waals surface area contributed by atoms with Crippen LogP contribution in [0.25, 0.3) is 21.1 Å². The number of fused-ring (bicyclic) bond motifs is 2. The summed E-state index contributed by atoms with van der Waals surface area (Å²) in [6.07, 6.45) is 2.02. The van der Waals surface area contributed by atoms with E-state index < -0.39 is 5.82 Å². The summed E-state index contributed by atoms with van der Waals surface area (Å²) in [5.41, 5.74) is 0.524. The lowest BCUT2D eigenvalue weighted by Crippen LogP contribution is -2.48. The van der Waals surface area contributed by atoms with E-state index in [0.29, 0.717) is 15.9 Å². The van der Waals surface area contributed by atoms with Crippen molar-refractivity contribution in [1.29, 1.82) is 0 Å². The maximum absolute atomic E-state index is 15.1. The summed E-state index contributed by atoms with van der Waals surface area (Å²) < 4.78 is 19.9. The summed E-state index contributed by atoms with van der Waals surface area (Å²) in [5.74, 6) is -0.394. The zero-order valence-electron chi connectivity index (χ0n) is 17.3. The maximum atomic E-state index is 15.1. The lowest BCUT2D eigenvalue weighted by Gasteiger charge is -2.36.